The van der Waals surface area contributed by atoms with Gasteiger partial charge in [0.2, 0.25) is 5.91 Å². The topological polar surface area (TPSA) is 95.9 Å². The van der Waals surface area contributed by atoms with Gasteiger partial charge in [-0.15, -0.1) is 0 Å². The van der Waals surface area contributed by atoms with Crippen molar-refractivity contribution in [2.75, 3.05) is 13.2 Å². The van der Waals surface area contributed by atoms with Crippen molar-refractivity contribution in [2.45, 2.75) is 296 Å². The number of ether oxygens (including phenoxy) is 1. The Morgan fingerprint density at radius 1 is 0.435 bits per heavy atom. The number of amides is 1. The zero-order chi connectivity index (χ0) is 45.1. The van der Waals surface area contributed by atoms with Crippen LogP contribution >= 0.6 is 0 Å². The maximum absolute atomic E-state index is 12.4. The minimum Gasteiger partial charge on any atom is -0.466 e. The number of carbonyl (C=O) groups is 2. The van der Waals surface area contributed by atoms with Gasteiger partial charge >= 0.3 is 5.97 Å². The number of allylic oxidation sites excluding steroid dienone is 5. The number of hydrogen-bond donors (Lipinski definition) is 3. The summed E-state index contributed by atoms with van der Waals surface area (Å²) in [5, 5.41) is 22.9. The van der Waals surface area contributed by atoms with Gasteiger partial charge in [0.15, 0.2) is 0 Å². The molecule has 0 rings (SSSR count). The fourth-order valence-corrected chi connectivity index (χ4v) is 8.15. The van der Waals surface area contributed by atoms with Crippen LogP contribution in [-0.4, -0.2) is 47.4 Å². The van der Waals surface area contributed by atoms with Crippen molar-refractivity contribution < 1.29 is 24.5 Å². The lowest BCUT2D eigenvalue weighted by molar-refractivity contribution is -0.143. The molecule has 62 heavy (non-hydrogen) atoms. The number of aliphatic hydroxyl groups is 2. The van der Waals surface area contributed by atoms with E-state index in [4.69, 9.17) is 4.74 Å². The van der Waals surface area contributed by atoms with E-state index >= 15 is 0 Å². The van der Waals surface area contributed by atoms with Crippen LogP contribution in [0.5, 0.6) is 0 Å². The largest absolute Gasteiger partial charge is 0.466 e. The Balaban J connectivity index is 3.43. The van der Waals surface area contributed by atoms with Crippen molar-refractivity contribution >= 4 is 11.9 Å². The molecule has 0 bridgehead atoms. The monoisotopic (exact) mass is 872 g/mol. The summed E-state index contributed by atoms with van der Waals surface area (Å²) in [4.78, 5) is 24.4. The van der Waals surface area contributed by atoms with Gasteiger partial charge in [0, 0.05) is 12.8 Å². The van der Waals surface area contributed by atoms with Crippen LogP contribution < -0.4 is 5.32 Å². The second-order valence-corrected chi connectivity index (χ2v) is 18.5. The molecule has 2 atom stereocenters. The molecule has 2 unspecified atom stereocenters. The van der Waals surface area contributed by atoms with E-state index in [2.05, 4.69) is 43.5 Å². The zero-order valence-electron chi connectivity index (χ0n) is 41.4. The van der Waals surface area contributed by atoms with E-state index in [0.29, 0.717) is 19.4 Å². The fraction of sp³-hybridized carbons (Fsp3) is 0.857. The molecular formula is C56H105NO5. The van der Waals surface area contributed by atoms with Gasteiger partial charge in [-0.05, 0) is 83.5 Å². The first-order valence-electron chi connectivity index (χ1n) is 27.3. The van der Waals surface area contributed by atoms with E-state index < -0.39 is 12.1 Å². The maximum Gasteiger partial charge on any atom is 0.305 e. The number of unbranched alkanes of at least 4 members (excludes halogenated alkanes) is 35. The summed E-state index contributed by atoms with van der Waals surface area (Å²) in [5.41, 5.74) is 0. The first kappa shape index (κ1) is 60.1. The molecule has 6 heteroatoms. The Kier molecular flexibility index (Phi) is 50.1. The van der Waals surface area contributed by atoms with Crippen molar-refractivity contribution in [3.8, 4) is 0 Å². The van der Waals surface area contributed by atoms with Gasteiger partial charge in [-0.2, -0.15) is 0 Å². The van der Waals surface area contributed by atoms with Gasteiger partial charge in [0.1, 0.15) is 0 Å². The second-order valence-electron chi connectivity index (χ2n) is 18.5. The van der Waals surface area contributed by atoms with E-state index in [9.17, 15) is 19.8 Å². The molecule has 0 aliphatic rings. The fourth-order valence-electron chi connectivity index (χ4n) is 8.15. The number of aliphatic hydroxyl groups excluding tert-OH is 2. The molecule has 364 valence electrons. The summed E-state index contributed by atoms with van der Waals surface area (Å²) in [7, 11) is 0. The first-order valence-corrected chi connectivity index (χ1v) is 27.3. The van der Waals surface area contributed by atoms with Crippen molar-refractivity contribution in [1.29, 1.82) is 0 Å². The number of esters is 1. The molecule has 0 radical (unpaired) electrons. The molecule has 0 aliphatic heterocycles. The van der Waals surface area contributed by atoms with Crippen LogP contribution in [-0.2, 0) is 14.3 Å². The molecule has 0 saturated carbocycles. The van der Waals surface area contributed by atoms with E-state index in [1.165, 1.54) is 205 Å². The number of nitrogens with one attached hydrogen (secondary N) is 1. The smallest absolute Gasteiger partial charge is 0.305 e. The predicted molar refractivity (Wildman–Crippen MR) is 269 cm³/mol. The van der Waals surface area contributed by atoms with E-state index in [-0.39, 0.29) is 18.5 Å². The third-order valence-electron chi connectivity index (χ3n) is 12.4. The van der Waals surface area contributed by atoms with Gasteiger partial charge in [-0.3, -0.25) is 9.59 Å². The molecule has 6 nitrogen and oxygen atoms in total. The summed E-state index contributed by atoms with van der Waals surface area (Å²) < 4.78 is 5.46. The molecule has 0 saturated heterocycles. The Labute approximate surface area is 385 Å². The van der Waals surface area contributed by atoms with Crippen molar-refractivity contribution in [1.82, 2.24) is 5.32 Å². The van der Waals surface area contributed by atoms with Gasteiger partial charge < -0.3 is 20.3 Å². The van der Waals surface area contributed by atoms with Crippen molar-refractivity contribution in [3.05, 3.63) is 36.5 Å². The minimum atomic E-state index is -0.847. The minimum absolute atomic E-state index is 0.00163. The molecule has 0 aromatic heterocycles. The number of hydrogen-bond acceptors (Lipinski definition) is 5. The van der Waals surface area contributed by atoms with Crippen LogP contribution in [0.1, 0.15) is 284 Å². The predicted octanol–water partition coefficient (Wildman–Crippen LogP) is 16.5. The van der Waals surface area contributed by atoms with Crippen molar-refractivity contribution in [3.63, 3.8) is 0 Å². The summed E-state index contributed by atoms with van der Waals surface area (Å²) in [6.07, 6.45) is 63.0. The Hall–Kier alpha value is -1.92. The third kappa shape index (κ3) is 47.6. The highest BCUT2D eigenvalue weighted by molar-refractivity contribution is 5.76. The summed E-state index contributed by atoms with van der Waals surface area (Å²) in [6, 6.07) is -0.632. The van der Waals surface area contributed by atoms with Crippen LogP contribution in [0.25, 0.3) is 0 Å². The number of rotatable bonds is 50. The third-order valence-corrected chi connectivity index (χ3v) is 12.4. The lowest BCUT2D eigenvalue weighted by Crippen LogP contribution is -2.45. The maximum atomic E-state index is 12.4. The highest BCUT2D eigenvalue weighted by Gasteiger charge is 2.18. The quantitative estimate of drug-likeness (QED) is 0.0321. The van der Waals surface area contributed by atoms with Gasteiger partial charge in [0.25, 0.3) is 0 Å². The highest BCUT2D eigenvalue weighted by atomic mass is 16.5. The molecule has 0 spiro atoms. The SMILES string of the molecule is CCCCCCC/C=C\CCCCCCCC(=O)OCCCCCCCCCCCC/C=C\CCCCCCCCCC(=O)NC(CO)C(O)/C=C/CCCCCCCCCC. The average Bonchev–Trinajstić information content (AvgIpc) is 3.27. The van der Waals surface area contributed by atoms with E-state index in [1.54, 1.807) is 6.08 Å². The molecule has 3 N–H and O–H groups in total. The molecule has 0 aromatic carbocycles. The lowest BCUT2D eigenvalue weighted by Gasteiger charge is -2.20. The standard InChI is InChI=1S/C56H105NO5/c1-3-5-7-9-11-13-15-16-27-30-34-38-42-46-50-56(61)62-51-47-43-39-35-31-28-25-23-21-19-17-18-20-22-24-26-29-33-37-41-45-49-55(60)57-53(52-58)54(59)48-44-40-36-32-14-12-10-8-6-4-2/h15-16,18,20,44,48,53-54,58-59H,3-14,17,19,21-43,45-47,49-52H2,1-2H3,(H,57,60)/b16-15-,20-18-,48-44+. The van der Waals surface area contributed by atoms with E-state index in [0.717, 1.165) is 51.4 Å². The molecular weight excluding hydrogens is 767 g/mol. The van der Waals surface area contributed by atoms with Crippen LogP contribution in [0.3, 0.4) is 0 Å². The van der Waals surface area contributed by atoms with Crippen LogP contribution in [0, 0.1) is 0 Å². The highest BCUT2D eigenvalue weighted by Crippen LogP contribution is 2.15. The Bertz CT molecular complexity index is 1010. The average molecular weight is 872 g/mol. The molecule has 0 aromatic rings. The summed E-state index contributed by atoms with van der Waals surface area (Å²) in [6.45, 7) is 4.86. The van der Waals surface area contributed by atoms with Crippen LogP contribution in [0.4, 0.5) is 0 Å². The van der Waals surface area contributed by atoms with Gasteiger partial charge in [-0.1, -0.05) is 224 Å². The van der Waals surface area contributed by atoms with Crippen LogP contribution in [0.15, 0.2) is 36.5 Å². The second kappa shape index (κ2) is 51.7. The van der Waals surface area contributed by atoms with E-state index in [1.807, 2.05) is 6.08 Å². The summed E-state index contributed by atoms with van der Waals surface area (Å²) in [5.74, 6) is -0.0800. The molecule has 0 aliphatic carbocycles. The Morgan fingerprint density at radius 2 is 0.758 bits per heavy atom. The summed E-state index contributed by atoms with van der Waals surface area (Å²) >= 11 is 0. The zero-order valence-corrected chi connectivity index (χ0v) is 41.4. The lowest BCUT2D eigenvalue weighted by atomic mass is 10.0. The van der Waals surface area contributed by atoms with Gasteiger partial charge in [-0.25, -0.2) is 0 Å². The first-order chi connectivity index (χ1) is 30.5. The normalized spacial score (nSPS) is 12.9. The van der Waals surface area contributed by atoms with Crippen LogP contribution in [0.2, 0.25) is 0 Å². The molecule has 0 heterocycles. The molecule has 0 fully saturated rings. The molecule has 1 amide bonds. The Morgan fingerprint density at radius 3 is 1.15 bits per heavy atom. The van der Waals surface area contributed by atoms with Gasteiger partial charge in [0.05, 0.1) is 25.4 Å². The number of carbonyl (C=O) groups excluding carboxylic acids is 2. The van der Waals surface area contributed by atoms with Crippen molar-refractivity contribution in [2.24, 2.45) is 0 Å².